The van der Waals surface area contributed by atoms with Crippen molar-refractivity contribution in [2.24, 2.45) is 5.92 Å². The van der Waals surface area contributed by atoms with Crippen molar-refractivity contribution < 1.29 is 18.1 Å². The zero-order chi connectivity index (χ0) is 17.9. The number of carbonyl (C=O) groups excluding carboxylic acids is 1. The minimum atomic E-state index is -2.94. The summed E-state index contributed by atoms with van der Waals surface area (Å²) in [6, 6.07) is 10.5. The van der Waals surface area contributed by atoms with Gasteiger partial charge in [0.2, 0.25) is 0 Å². The summed E-state index contributed by atoms with van der Waals surface area (Å²) < 4.78 is 23.2. The van der Waals surface area contributed by atoms with Crippen LogP contribution in [0.1, 0.15) is 24.8 Å². The maximum absolute atomic E-state index is 12.5. The van der Waals surface area contributed by atoms with Gasteiger partial charge < -0.3 is 9.80 Å². The van der Waals surface area contributed by atoms with Crippen LogP contribution in [0.5, 0.6) is 0 Å². The van der Waals surface area contributed by atoms with E-state index in [0.717, 1.165) is 32.4 Å². The Morgan fingerprint density at radius 1 is 1.16 bits per heavy atom. The molecule has 0 aromatic heterocycles. The first-order chi connectivity index (χ1) is 11.9. The largest absolute Gasteiger partial charge is 0.337 e. The molecular formula is C19H29N2O3S+. The van der Waals surface area contributed by atoms with Crippen LogP contribution in [0, 0.1) is 5.92 Å². The first-order valence-corrected chi connectivity index (χ1v) is 11.1. The summed E-state index contributed by atoms with van der Waals surface area (Å²) in [7, 11) is -1.19. The quantitative estimate of drug-likeness (QED) is 0.809. The molecule has 0 bridgehead atoms. The van der Waals surface area contributed by atoms with Crippen molar-refractivity contribution in [3.63, 3.8) is 0 Å². The zero-order valence-electron chi connectivity index (χ0n) is 15.0. The lowest BCUT2D eigenvalue weighted by Gasteiger charge is -2.31. The third-order valence-corrected chi connectivity index (χ3v) is 7.48. The van der Waals surface area contributed by atoms with Crippen LogP contribution in [-0.2, 0) is 21.1 Å². The molecule has 5 nitrogen and oxygen atoms in total. The van der Waals surface area contributed by atoms with Crippen LogP contribution < -0.4 is 4.90 Å². The molecule has 2 saturated heterocycles. The Labute approximate surface area is 150 Å². The second-order valence-electron chi connectivity index (χ2n) is 7.62. The van der Waals surface area contributed by atoms with E-state index in [1.807, 2.05) is 6.07 Å². The Balaban J connectivity index is 1.43. The van der Waals surface area contributed by atoms with Gasteiger partial charge in [0.1, 0.15) is 0 Å². The van der Waals surface area contributed by atoms with Crippen LogP contribution in [-0.4, -0.2) is 63.5 Å². The van der Waals surface area contributed by atoms with Gasteiger partial charge in [-0.05, 0) is 37.2 Å². The molecule has 0 radical (unpaired) electrons. The smallest absolute Gasteiger partial charge is 0.277 e. The van der Waals surface area contributed by atoms with E-state index in [9.17, 15) is 13.2 Å². The predicted molar refractivity (Wildman–Crippen MR) is 98.3 cm³/mol. The average molecular weight is 366 g/mol. The number of likely N-dealkylation sites (tertiary alicyclic amines) is 1. The number of benzene rings is 1. The Bertz CT molecular complexity index is 682. The van der Waals surface area contributed by atoms with Gasteiger partial charge in [0.25, 0.3) is 5.91 Å². The highest BCUT2D eigenvalue weighted by molar-refractivity contribution is 7.91. The Kier molecular flexibility index (Phi) is 5.79. The lowest BCUT2D eigenvalue weighted by molar-refractivity contribution is -0.898. The first kappa shape index (κ1) is 18.4. The van der Waals surface area contributed by atoms with Crippen LogP contribution >= 0.6 is 0 Å². The van der Waals surface area contributed by atoms with Crippen molar-refractivity contribution in [2.75, 3.05) is 38.2 Å². The highest BCUT2D eigenvalue weighted by atomic mass is 32.2. The van der Waals surface area contributed by atoms with E-state index < -0.39 is 9.84 Å². The standard InChI is InChI=1S/C19H28N2O3S/c1-20(18-9-12-25(23,24)15-18)19(22)14-21-10-7-17(8-11-21)13-16-5-3-2-4-6-16/h2-6,17-18H,7-15H2,1H3/p+1/t18-/m0/s1. The van der Waals surface area contributed by atoms with Crippen molar-refractivity contribution in [2.45, 2.75) is 31.7 Å². The fourth-order valence-electron chi connectivity index (χ4n) is 4.04. The number of likely N-dealkylation sites (N-methyl/N-ethyl adjacent to an activating group) is 1. The number of carbonyl (C=O) groups is 1. The van der Waals surface area contributed by atoms with Gasteiger partial charge in [-0.15, -0.1) is 0 Å². The fraction of sp³-hybridized carbons (Fsp3) is 0.632. The highest BCUT2D eigenvalue weighted by Gasteiger charge is 2.34. The Morgan fingerprint density at radius 2 is 1.84 bits per heavy atom. The van der Waals surface area contributed by atoms with Crippen LogP contribution in [0.4, 0.5) is 0 Å². The van der Waals surface area contributed by atoms with E-state index in [1.165, 1.54) is 10.5 Å². The van der Waals surface area contributed by atoms with Gasteiger partial charge in [-0.25, -0.2) is 8.42 Å². The molecule has 138 valence electrons. The zero-order valence-corrected chi connectivity index (χ0v) is 15.8. The molecule has 2 heterocycles. The molecule has 1 amide bonds. The van der Waals surface area contributed by atoms with Gasteiger partial charge in [-0.1, -0.05) is 30.3 Å². The number of nitrogens with zero attached hydrogens (tertiary/aromatic N) is 1. The molecule has 2 aliphatic rings. The van der Waals surface area contributed by atoms with Crippen LogP contribution in [0.2, 0.25) is 0 Å². The van der Waals surface area contributed by atoms with Crippen LogP contribution in [0.3, 0.4) is 0 Å². The summed E-state index contributed by atoms with van der Waals surface area (Å²) in [4.78, 5) is 15.5. The first-order valence-electron chi connectivity index (χ1n) is 9.26. The second-order valence-corrected chi connectivity index (χ2v) is 9.85. The van der Waals surface area contributed by atoms with Gasteiger partial charge in [0, 0.05) is 13.1 Å². The molecule has 1 atom stereocenters. The van der Waals surface area contributed by atoms with E-state index in [0.29, 0.717) is 18.9 Å². The van der Waals surface area contributed by atoms with E-state index in [1.54, 1.807) is 11.9 Å². The number of sulfone groups is 1. The number of amides is 1. The van der Waals surface area contributed by atoms with Crippen molar-refractivity contribution in [1.82, 2.24) is 4.90 Å². The molecule has 1 N–H and O–H groups in total. The van der Waals surface area contributed by atoms with Gasteiger partial charge in [0.15, 0.2) is 16.4 Å². The monoisotopic (exact) mass is 365 g/mol. The van der Waals surface area contributed by atoms with Crippen molar-refractivity contribution in [1.29, 1.82) is 0 Å². The van der Waals surface area contributed by atoms with Crippen molar-refractivity contribution in [3.8, 4) is 0 Å². The highest BCUT2D eigenvalue weighted by Crippen LogP contribution is 2.17. The summed E-state index contributed by atoms with van der Waals surface area (Å²) in [6.07, 6.45) is 4.01. The van der Waals surface area contributed by atoms with E-state index >= 15 is 0 Å². The molecule has 2 fully saturated rings. The Hall–Kier alpha value is -1.40. The maximum atomic E-state index is 12.5. The molecule has 0 spiro atoms. The molecular weight excluding hydrogens is 336 g/mol. The van der Waals surface area contributed by atoms with Gasteiger partial charge in [-0.3, -0.25) is 4.79 Å². The molecule has 0 unspecified atom stereocenters. The normalized spacial score (nSPS) is 28.6. The lowest BCUT2D eigenvalue weighted by Crippen LogP contribution is -3.14. The van der Waals surface area contributed by atoms with Gasteiger partial charge in [0.05, 0.1) is 24.6 Å². The maximum Gasteiger partial charge on any atom is 0.277 e. The molecule has 0 aliphatic carbocycles. The lowest BCUT2D eigenvalue weighted by atomic mass is 9.90. The summed E-state index contributed by atoms with van der Waals surface area (Å²) in [6.45, 7) is 2.55. The summed E-state index contributed by atoms with van der Waals surface area (Å²) in [5.74, 6) is 1.13. The number of hydrogen-bond donors (Lipinski definition) is 1. The fourth-order valence-corrected chi connectivity index (χ4v) is 5.81. The number of hydrogen-bond acceptors (Lipinski definition) is 3. The minimum absolute atomic E-state index is 0.0820. The molecule has 6 heteroatoms. The van der Waals surface area contributed by atoms with E-state index in [2.05, 4.69) is 24.3 Å². The predicted octanol–water partition coefficient (Wildman–Crippen LogP) is 0.170. The minimum Gasteiger partial charge on any atom is -0.337 e. The molecule has 25 heavy (non-hydrogen) atoms. The second kappa shape index (κ2) is 7.87. The van der Waals surface area contributed by atoms with E-state index in [4.69, 9.17) is 0 Å². The Morgan fingerprint density at radius 3 is 2.44 bits per heavy atom. The number of quaternary nitrogens is 1. The molecule has 1 aromatic rings. The van der Waals surface area contributed by atoms with E-state index in [-0.39, 0.29) is 23.5 Å². The molecule has 2 aliphatic heterocycles. The number of rotatable bonds is 5. The van der Waals surface area contributed by atoms with Crippen molar-refractivity contribution in [3.05, 3.63) is 35.9 Å². The van der Waals surface area contributed by atoms with Crippen LogP contribution in [0.25, 0.3) is 0 Å². The third kappa shape index (κ3) is 5.05. The summed E-state index contributed by atoms with van der Waals surface area (Å²) in [5, 5.41) is 0. The SMILES string of the molecule is CN(C(=O)C[NH+]1CCC(Cc2ccccc2)CC1)[C@H]1CCS(=O)(=O)C1. The molecule has 0 saturated carbocycles. The van der Waals surface area contributed by atoms with Gasteiger partial charge >= 0.3 is 0 Å². The van der Waals surface area contributed by atoms with Crippen molar-refractivity contribution >= 4 is 15.7 Å². The average Bonchev–Trinajstić information content (AvgIpc) is 2.97. The number of piperidine rings is 1. The summed E-state index contributed by atoms with van der Waals surface area (Å²) >= 11 is 0. The molecule has 1 aromatic carbocycles. The summed E-state index contributed by atoms with van der Waals surface area (Å²) in [5.41, 5.74) is 1.40. The molecule has 3 rings (SSSR count). The van der Waals surface area contributed by atoms with Gasteiger partial charge in [-0.2, -0.15) is 0 Å². The topological polar surface area (TPSA) is 58.9 Å². The van der Waals surface area contributed by atoms with Crippen LogP contribution in [0.15, 0.2) is 30.3 Å². The third-order valence-electron chi connectivity index (χ3n) is 5.73. The number of nitrogens with one attached hydrogen (secondary N) is 1.